The average Bonchev–Trinajstić information content (AvgIpc) is 2.01. The van der Waals surface area contributed by atoms with E-state index in [4.69, 9.17) is 17.3 Å². The minimum absolute atomic E-state index is 0.0769. The Kier molecular flexibility index (Phi) is 3.97. The highest BCUT2D eigenvalue weighted by molar-refractivity contribution is 6.17. The van der Waals surface area contributed by atoms with E-state index < -0.39 is 0 Å². The molecule has 0 radical (unpaired) electrons. The third-order valence-electron chi connectivity index (χ3n) is 2.53. The maximum Gasteiger partial charge on any atom is 0.0311 e. The number of alkyl halides is 1. The van der Waals surface area contributed by atoms with E-state index >= 15 is 0 Å². The number of hydrogen-bond acceptors (Lipinski definition) is 1. The first-order valence-corrected chi connectivity index (χ1v) is 5.49. The summed E-state index contributed by atoms with van der Waals surface area (Å²) in [5.74, 6) is 0.619. The van der Waals surface area contributed by atoms with Crippen molar-refractivity contribution in [2.45, 2.75) is 33.2 Å². The molecule has 2 N–H and O–H groups in total. The Hall–Kier alpha value is -0.530. The van der Waals surface area contributed by atoms with Gasteiger partial charge in [-0.2, -0.15) is 0 Å². The minimum atomic E-state index is 0.0769. The molecule has 14 heavy (non-hydrogen) atoms. The smallest absolute Gasteiger partial charge is 0.0311 e. The lowest BCUT2D eigenvalue weighted by molar-refractivity contribution is 0.693. The third-order valence-corrected chi connectivity index (χ3v) is 2.75. The van der Waals surface area contributed by atoms with Crippen molar-refractivity contribution in [2.75, 3.05) is 5.88 Å². The molecule has 0 amide bonds. The highest BCUT2D eigenvalue weighted by atomic mass is 35.5. The molecule has 1 nitrogen and oxygen atoms in total. The van der Waals surface area contributed by atoms with Crippen LogP contribution in [0.25, 0.3) is 0 Å². The van der Waals surface area contributed by atoms with Crippen LogP contribution in [-0.2, 0) is 0 Å². The Morgan fingerprint density at radius 1 is 1.21 bits per heavy atom. The zero-order chi connectivity index (χ0) is 10.7. The van der Waals surface area contributed by atoms with Crippen LogP contribution in [0.4, 0.5) is 0 Å². The van der Waals surface area contributed by atoms with Gasteiger partial charge in [0.05, 0.1) is 0 Å². The van der Waals surface area contributed by atoms with Crippen molar-refractivity contribution in [1.29, 1.82) is 0 Å². The van der Waals surface area contributed by atoms with E-state index in [1.165, 1.54) is 22.3 Å². The van der Waals surface area contributed by atoms with Gasteiger partial charge in [-0.1, -0.05) is 17.7 Å². The van der Waals surface area contributed by atoms with Crippen LogP contribution in [0.5, 0.6) is 0 Å². The van der Waals surface area contributed by atoms with Crippen LogP contribution in [0.3, 0.4) is 0 Å². The SMILES string of the molecule is Cc1cc(C)c(C(N)CCCl)c(C)c1. The Bertz CT molecular complexity index is 297. The van der Waals surface area contributed by atoms with Gasteiger partial charge >= 0.3 is 0 Å². The Morgan fingerprint density at radius 3 is 2.14 bits per heavy atom. The van der Waals surface area contributed by atoms with Gasteiger partial charge in [-0.05, 0) is 43.9 Å². The van der Waals surface area contributed by atoms with Gasteiger partial charge < -0.3 is 5.73 Å². The molecule has 0 fully saturated rings. The van der Waals surface area contributed by atoms with Crippen LogP contribution in [0, 0.1) is 20.8 Å². The molecule has 78 valence electrons. The van der Waals surface area contributed by atoms with E-state index in [0.29, 0.717) is 5.88 Å². The fraction of sp³-hybridized carbons (Fsp3) is 0.500. The van der Waals surface area contributed by atoms with Gasteiger partial charge in [-0.3, -0.25) is 0 Å². The maximum absolute atomic E-state index is 6.07. The highest BCUT2D eigenvalue weighted by Gasteiger charge is 2.11. The fourth-order valence-electron chi connectivity index (χ4n) is 2.04. The number of halogens is 1. The molecule has 0 heterocycles. The first-order valence-electron chi connectivity index (χ1n) is 4.95. The van der Waals surface area contributed by atoms with Gasteiger partial charge in [-0.15, -0.1) is 11.6 Å². The first kappa shape index (κ1) is 11.5. The molecule has 0 saturated heterocycles. The van der Waals surface area contributed by atoms with Crippen molar-refractivity contribution in [3.63, 3.8) is 0 Å². The average molecular weight is 212 g/mol. The number of aryl methyl sites for hydroxylation is 3. The quantitative estimate of drug-likeness (QED) is 0.764. The largest absolute Gasteiger partial charge is 0.324 e. The summed E-state index contributed by atoms with van der Waals surface area (Å²) < 4.78 is 0. The predicted molar refractivity (Wildman–Crippen MR) is 62.9 cm³/mol. The number of benzene rings is 1. The Morgan fingerprint density at radius 2 is 1.71 bits per heavy atom. The lowest BCUT2D eigenvalue weighted by Crippen LogP contribution is -2.14. The van der Waals surface area contributed by atoms with Crippen LogP contribution in [0.15, 0.2) is 12.1 Å². The van der Waals surface area contributed by atoms with Gasteiger partial charge in [0.25, 0.3) is 0 Å². The second-order valence-electron chi connectivity index (χ2n) is 3.90. The van der Waals surface area contributed by atoms with Gasteiger partial charge in [-0.25, -0.2) is 0 Å². The van der Waals surface area contributed by atoms with E-state index in [-0.39, 0.29) is 6.04 Å². The molecule has 0 aromatic heterocycles. The molecule has 1 rings (SSSR count). The number of rotatable bonds is 3. The summed E-state index contributed by atoms with van der Waals surface area (Å²) in [6, 6.07) is 4.43. The van der Waals surface area contributed by atoms with E-state index in [9.17, 15) is 0 Å². The summed E-state index contributed by atoms with van der Waals surface area (Å²) >= 11 is 5.70. The third kappa shape index (κ3) is 2.49. The maximum atomic E-state index is 6.07. The van der Waals surface area contributed by atoms with E-state index in [2.05, 4.69) is 32.9 Å². The molecule has 0 bridgehead atoms. The Balaban J connectivity index is 3.07. The molecule has 1 atom stereocenters. The van der Waals surface area contributed by atoms with Crippen LogP contribution >= 0.6 is 11.6 Å². The normalized spacial score (nSPS) is 12.9. The molecule has 0 aliphatic heterocycles. The Labute approximate surface area is 91.3 Å². The molecule has 1 unspecified atom stereocenters. The predicted octanol–water partition coefficient (Wildman–Crippen LogP) is 3.24. The van der Waals surface area contributed by atoms with Crippen molar-refractivity contribution in [3.05, 3.63) is 34.4 Å². The van der Waals surface area contributed by atoms with Gasteiger partial charge in [0.2, 0.25) is 0 Å². The molecule has 0 spiro atoms. The summed E-state index contributed by atoms with van der Waals surface area (Å²) in [6.45, 7) is 6.34. The standard InChI is InChI=1S/C12H18ClN/c1-8-6-9(2)12(10(3)7-8)11(14)4-5-13/h6-7,11H,4-5,14H2,1-3H3. The van der Waals surface area contributed by atoms with Gasteiger partial charge in [0, 0.05) is 11.9 Å². The molecule has 0 saturated carbocycles. The lowest BCUT2D eigenvalue weighted by atomic mass is 9.93. The number of nitrogens with two attached hydrogens (primary N) is 1. The molecular formula is C12H18ClN. The summed E-state index contributed by atoms with van der Waals surface area (Å²) in [5, 5.41) is 0. The molecule has 2 heteroatoms. The zero-order valence-corrected chi connectivity index (χ0v) is 9.86. The highest BCUT2D eigenvalue weighted by Crippen LogP contribution is 2.24. The van der Waals surface area contributed by atoms with Gasteiger partial charge in [0.15, 0.2) is 0 Å². The summed E-state index contributed by atoms with van der Waals surface area (Å²) in [5.41, 5.74) is 11.2. The molecule has 1 aromatic carbocycles. The van der Waals surface area contributed by atoms with E-state index in [0.717, 1.165) is 6.42 Å². The summed E-state index contributed by atoms with van der Waals surface area (Å²) in [6.07, 6.45) is 0.840. The summed E-state index contributed by atoms with van der Waals surface area (Å²) in [7, 11) is 0. The van der Waals surface area contributed by atoms with Crippen LogP contribution in [-0.4, -0.2) is 5.88 Å². The van der Waals surface area contributed by atoms with Gasteiger partial charge in [0.1, 0.15) is 0 Å². The molecule has 0 aliphatic carbocycles. The molecule has 1 aromatic rings. The second kappa shape index (κ2) is 4.81. The van der Waals surface area contributed by atoms with E-state index in [1.807, 2.05) is 0 Å². The summed E-state index contributed by atoms with van der Waals surface area (Å²) in [4.78, 5) is 0. The van der Waals surface area contributed by atoms with Crippen molar-refractivity contribution in [3.8, 4) is 0 Å². The zero-order valence-electron chi connectivity index (χ0n) is 9.10. The van der Waals surface area contributed by atoms with Crippen molar-refractivity contribution < 1.29 is 0 Å². The van der Waals surface area contributed by atoms with E-state index in [1.54, 1.807) is 0 Å². The van der Waals surface area contributed by atoms with Crippen LogP contribution < -0.4 is 5.73 Å². The van der Waals surface area contributed by atoms with Crippen molar-refractivity contribution >= 4 is 11.6 Å². The second-order valence-corrected chi connectivity index (χ2v) is 4.27. The molecular weight excluding hydrogens is 194 g/mol. The first-order chi connectivity index (χ1) is 6.56. The van der Waals surface area contributed by atoms with Crippen molar-refractivity contribution in [2.24, 2.45) is 5.73 Å². The monoisotopic (exact) mass is 211 g/mol. The van der Waals surface area contributed by atoms with Crippen LogP contribution in [0.2, 0.25) is 0 Å². The number of hydrogen-bond donors (Lipinski definition) is 1. The van der Waals surface area contributed by atoms with Crippen molar-refractivity contribution in [1.82, 2.24) is 0 Å². The lowest BCUT2D eigenvalue weighted by Gasteiger charge is -2.17. The topological polar surface area (TPSA) is 26.0 Å². The van der Waals surface area contributed by atoms with Crippen LogP contribution in [0.1, 0.15) is 34.7 Å². The minimum Gasteiger partial charge on any atom is -0.324 e. The fourth-order valence-corrected chi connectivity index (χ4v) is 2.27. The molecule has 0 aliphatic rings.